The van der Waals surface area contributed by atoms with Crippen molar-refractivity contribution in [3.63, 3.8) is 0 Å². The molecule has 0 amide bonds. The number of rotatable bonds is 40. The molecule has 0 rings (SSSR count). The van der Waals surface area contributed by atoms with Crippen molar-refractivity contribution in [2.75, 3.05) is 32.8 Å². The van der Waals surface area contributed by atoms with E-state index in [9.17, 15) is 14.7 Å². The van der Waals surface area contributed by atoms with E-state index in [2.05, 4.69) is 44.3 Å². The van der Waals surface area contributed by atoms with Gasteiger partial charge in [0.05, 0.1) is 13.2 Å². The zero-order valence-electron chi connectivity index (χ0n) is 35.7. The molecule has 0 radical (unpaired) electrons. The predicted molar refractivity (Wildman–Crippen MR) is 226 cm³/mol. The third kappa shape index (κ3) is 53.5. The normalized spacial score (nSPS) is 11.4. The Labute approximate surface area is 321 Å². The largest absolute Gasteiger partial charge is 0.468 e. The standard InChI is InChI=1S/C29H61NO.C9H18O.C8H16O2/c1-4-7-9-11-14-18-23-29(22-6-3)24-19-15-13-17-21-26-30(27-28-31)25-20-16-12-10-8-5-2;1-2-3-4-5-6-7-8-9-10;1-2-3-4-5-6-7-10-8-9/h29,31H,4-28H2,1-3H3;9H,2-8H2,1H3;8H,2-7H2,1H3. The average molecular weight is 726 g/mol. The van der Waals surface area contributed by atoms with E-state index in [1.807, 2.05) is 0 Å². The summed E-state index contributed by atoms with van der Waals surface area (Å²) in [5.41, 5.74) is 0. The molecular formula is C46H95NO4. The molecule has 0 fully saturated rings. The van der Waals surface area contributed by atoms with Crippen LogP contribution in [-0.4, -0.2) is 55.6 Å². The fourth-order valence-corrected chi connectivity index (χ4v) is 6.79. The van der Waals surface area contributed by atoms with Crippen molar-refractivity contribution in [3.05, 3.63) is 0 Å². The van der Waals surface area contributed by atoms with Crippen LogP contribution >= 0.6 is 0 Å². The molecular weight excluding hydrogens is 631 g/mol. The van der Waals surface area contributed by atoms with Crippen LogP contribution in [0.25, 0.3) is 0 Å². The fraction of sp³-hybridized carbons (Fsp3) is 0.957. The molecule has 51 heavy (non-hydrogen) atoms. The van der Waals surface area contributed by atoms with Crippen LogP contribution in [0.2, 0.25) is 0 Å². The number of hydrogen-bond acceptors (Lipinski definition) is 5. The van der Waals surface area contributed by atoms with Crippen LogP contribution in [0.5, 0.6) is 0 Å². The minimum atomic E-state index is 0.313. The van der Waals surface area contributed by atoms with Crippen LogP contribution in [0.1, 0.15) is 247 Å². The van der Waals surface area contributed by atoms with E-state index in [1.54, 1.807) is 0 Å². The van der Waals surface area contributed by atoms with Gasteiger partial charge in [-0.05, 0) is 44.7 Å². The predicted octanol–water partition coefficient (Wildman–Crippen LogP) is 14.2. The lowest BCUT2D eigenvalue weighted by Gasteiger charge is -2.21. The first-order valence-electron chi connectivity index (χ1n) is 22.9. The van der Waals surface area contributed by atoms with E-state index >= 15 is 0 Å². The average Bonchev–Trinajstić information content (AvgIpc) is 3.14. The Balaban J connectivity index is -0.000000931. The second kappa shape index (κ2) is 53.4. The van der Waals surface area contributed by atoms with Crippen molar-refractivity contribution in [2.24, 2.45) is 5.92 Å². The highest BCUT2D eigenvalue weighted by Crippen LogP contribution is 2.23. The van der Waals surface area contributed by atoms with E-state index in [4.69, 9.17) is 0 Å². The topological polar surface area (TPSA) is 66.8 Å². The number of aliphatic hydroxyl groups is 1. The first kappa shape index (κ1) is 54.4. The smallest absolute Gasteiger partial charge is 0.293 e. The second-order valence-electron chi connectivity index (χ2n) is 15.2. The summed E-state index contributed by atoms with van der Waals surface area (Å²) in [6.45, 7) is 16.0. The van der Waals surface area contributed by atoms with Gasteiger partial charge in [0, 0.05) is 13.0 Å². The monoisotopic (exact) mass is 726 g/mol. The summed E-state index contributed by atoms with van der Waals surface area (Å²) in [6, 6.07) is 0. The quantitative estimate of drug-likeness (QED) is 0.0503. The number of carbonyl (C=O) groups is 2. The Morgan fingerprint density at radius 3 is 1.24 bits per heavy atom. The van der Waals surface area contributed by atoms with Crippen molar-refractivity contribution >= 4 is 12.8 Å². The van der Waals surface area contributed by atoms with E-state index in [-0.39, 0.29) is 0 Å². The molecule has 0 saturated heterocycles. The lowest BCUT2D eigenvalue weighted by atomic mass is 9.90. The first-order chi connectivity index (χ1) is 25.1. The van der Waals surface area contributed by atoms with Gasteiger partial charge >= 0.3 is 0 Å². The van der Waals surface area contributed by atoms with Gasteiger partial charge in [0.15, 0.2) is 0 Å². The van der Waals surface area contributed by atoms with E-state index in [0.29, 0.717) is 19.7 Å². The van der Waals surface area contributed by atoms with Crippen molar-refractivity contribution in [1.29, 1.82) is 0 Å². The number of aldehydes is 1. The third-order valence-electron chi connectivity index (χ3n) is 10.1. The number of aliphatic hydroxyl groups excluding tert-OH is 1. The van der Waals surface area contributed by atoms with Gasteiger partial charge in [0.2, 0.25) is 0 Å². The number of carbonyl (C=O) groups excluding carboxylic acids is 2. The summed E-state index contributed by atoms with van der Waals surface area (Å²) in [7, 11) is 0. The number of ether oxygens (including phenoxy) is 1. The maximum absolute atomic E-state index is 9.89. The molecule has 0 saturated carbocycles. The van der Waals surface area contributed by atoms with Crippen LogP contribution in [-0.2, 0) is 14.3 Å². The molecule has 0 aromatic rings. The molecule has 0 aliphatic heterocycles. The Bertz CT molecular complexity index is 552. The summed E-state index contributed by atoms with van der Waals surface area (Å²) >= 11 is 0. The minimum absolute atomic E-state index is 0.313. The Morgan fingerprint density at radius 2 is 0.843 bits per heavy atom. The van der Waals surface area contributed by atoms with Gasteiger partial charge in [-0.25, -0.2) is 0 Å². The van der Waals surface area contributed by atoms with Crippen molar-refractivity contribution in [1.82, 2.24) is 4.90 Å². The van der Waals surface area contributed by atoms with E-state index < -0.39 is 0 Å². The van der Waals surface area contributed by atoms with Crippen LogP contribution in [0.3, 0.4) is 0 Å². The number of nitrogens with zero attached hydrogens (tertiary/aromatic N) is 1. The Kier molecular flexibility index (Phi) is 57.0. The Morgan fingerprint density at radius 1 is 0.451 bits per heavy atom. The van der Waals surface area contributed by atoms with Gasteiger partial charge in [-0.15, -0.1) is 0 Å². The van der Waals surface area contributed by atoms with Gasteiger partial charge in [0.25, 0.3) is 6.47 Å². The highest BCUT2D eigenvalue weighted by Gasteiger charge is 2.08. The maximum atomic E-state index is 9.89. The van der Waals surface area contributed by atoms with Gasteiger partial charge < -0.3 is 19.5 Å². The van der Waals surface area contributed by atoms with Crippen molar-refractivity contribution in [2.45, 2.75) is 247 Å². The lowest BCUT2D eigenvalue weighted by Crippen LogP contribution is -2.29. The van der Waals surface area contributed by atoms with Crippen molar-refractivity contribution < 1.29 is 19.4 Å². The maximum Gasteiger partial charge on any atom is 0.293 e. The molecule has 308 valence electrons. The third-order valence-corrected chi connectivity index (χ3v) is 10.1. The molecule has 0 bridgehead atoms. The summed E-state index contributed by atoms with van der Waals surface area (Å²) in [4.78, 5) is 22.1. The van der Waals surface area contributed by atoms with Crippen LogP contribution in [0, 0.1) is 5.92 Å². The molecule has 0 heterocycles. The van der Waals surface area contributed by atoms with Crippen LogP contribution in [0.15, 0.2) is 0 Å². The molecule has 5 nitrogen and oxygen atoms in total. The fourth-order valence-electron chi connectivity index (χ4n) is 6.79. The number of unbranched alkanes of at least 4 members (excludes halogenated alkanes) is 24. The van der Waals surface area contributed by atoms with Crippen LogP contribution < -0.4 is 0 Å². The first-order valence-corrected chi connectivity index (χ1v) is 22.9. The van der Waals surface area contributed by atoms with Gasteiger partial charge in [-0.3, -0.25) is 4.79 Å². The molecule has 1 atom stereocenters. The lowest BCUT2D eigenvalue weighted by molar-refractivity contribution is -0.128. The van der Waals surface area contributed by atoms with Crippen LogP contribution in [0.4, 0.5) is 0 Å². The van der Waals surface area contributed by atoms with Crippen molar-refractivity contribution in [3.8, 4) is 0 Å². The molecule has 0 aliphatic rings. The zero-order chi connectivity index (χ0) is 38.1. The SMILES string of the molecule is CCCCCCCCC(CCC)CCCCCCCN(CCO)CCCCCCCC.CCCCCCCCC=O.CCCCCCCOC=O. The van der Waals surface area contributed by atoms with Gasteiger partial charge in [-0.2, -0.15) is 0 Å². The van der Waals surface area contributed by atoms with Gasteiger partial charge in [-0.1, -0.05) is 214 Å². The summed E-state index contributed by atoms with van der Waals surface area (Å²) in [5, 5.41) is 9.35. The van der Waals surface area contributed by atoms with E-state index in [0.717, 1.165) is 38.0 Å². The summed E-state index contributed by atoms with van der Waals surface area (Å²) in [6.07, 6.45) is 44.9. The van der Waals surface area contributed by atoms with Gasteiger partial charge in [0.1, 0.15) is 6.29 Å². The number of hydrogen-bond donors (Lipinski definition) is 1. The molecule has 1 N–H and O–H groups in total. The highest BCUT2D eigenvalue weighted by atomic mass is 16.5. The van der Waals surface area contributed by atoms with E-state index in [1.165, 1.54) is 206 Å². The Hall–Kier alpha value is -0.940. The zero-order valence-corrected chi connectivity index (χ0v) is 35.7. The summed E-state index contributed by atoms with van der Waals surface area (Å²) < 4.78 is 4.53. The molecule has 0 aromatic heterocycles. The molecule has 0 aliphatic carbocycles. The molecule has 0 aromatic carbocycles. The molecule has 0 spiro atoms. The second-order valence-corrected chi connectivity index (χ2v) is 15.2. The minimum Gasteiger partial charge on any atom is -0.468 e. The molecule has 5 heteroatoms. The highest BCUT2D eigenvalue weighted by molar-refractivity contribution is 5.48. The molecule has 1 unspecified atom stereocenters. The summed E-state index contributed by atoms with van der Waals surface area (Å²) in [5.74, 6) is 0.994.